The number of esters is 1. The second kappa shape index (κ2) is 9.93. The molecule has 0 N–H and O–H groups in total. The lowest BCUT2D eigenvalue weighted by atomic mass is 10.2. The molecule has 190 valence electrons. The lowest BCUT2D eigenvalue weighted by Crippen LogP contribution is -2.51. The molecule has 1 fully saturated rings. The van der Waals surface area contributed by atoms with E-state index in [4.69, 9.17) is 4.74 Å². The number of carbonyl (C=O) groups excluding carboxylic acids is 4. The third-order valence-electron chi connectivity index (χ3n) is 5.86. The molecule has 3 heterocycles. The number of pyridine rings is 1. The van der Waals surface area contributed by atoms with Crippen molar-refractivity contribution >= 4 is 39.2 Å². The molecule has 0 saturated carbocycles. The van der Waals surface area contributed by atoms with Crippen LogP contribution in [0, 0.1) is 0 Å². The summed E-state index contributed by atoms with van der Waals surface area (Å²) in [5, 5.41) is 2.49. The standard InChI is InChI=1S/C23H24N4O8S/c1-3-36(32,33)16-6-8-19-18(11-16)25(21(29)14-35-19)13-20(28)26-9-4-10-27(26)22(30)17-7-5-15(12-24-17)23(31)34-2/h5-8,11-12H,3-4,9-10,13-14H2,1-2H3. The Bertz CT molecular complexity index is 1330. The average Bonchev–Trinajstić information content (AvgIpc) is 3.39. The molecule has 2 aliphatic rings. The topological polar surface area (TPSA) is 143 Å². The van der Waals surface area contributed by atoms with Crippen LogP contribution >= 0.6 is 0 Å². The van der Waals surface area contributed by atoms with Gasteiger partial charge < -0.3 is 9.47 Å². The minimum atomic E-state index is -3.56. The third-order valence-corrected chi connectivity index (χ3v) is 7.60. The average molecular weight is 517 g/mol. The molecule has 0 spiro atoms. The van der Waals surface area contributed by atoms with E-state index >= 15 is 0 Å². The van der Waals surface area contributed by atoms with Gasteiger partial charge in [0.1, 0.15) is 18.0 Å². The van der Waals surface area contributed by atoms with E-state index in [0.717, 1.165) is 0 Å². The molecule has 1 aromatic heterocycles. The van der Waals surface area contributed by atoms with Gasteiger partial charge in [-0.2, -0.15) is 0 Å². The highest BCUT2D eigenvalue weighted by Crippen LogP contribution is 2.34. The first-order chi connectivity index (χ1) is 17.2. The van der Waals surface area contributed by atoms with Crippen molar-refractivity contribution in [1.82, 2.24) is 15.0 Å². The Morgan fingerprint density at radius 2 is 1.86 bits per heavy atom. The largest absolute Gasteiger partial charge is 0.482 e. The molecular formula is C23H24N4O8S. The number of fused-ring (bicyclic) bond motifs is 1. The first-order valence-corrected chi connectivity index (χ1v) is 12.8. The molecule has 0 atom stereocenters. The van der Waals surface area contributed by atoms with E-state index in [2.05, 4.69) is 9.72 Å². The molecule has 13 heteroatoms. The number of anilines is 1. The van der Waals surface area contributed by atoms with Crippen LogP contribution in [0.15, 0.2) is 41.4 Å². The maximum absolute atomic E-state index is 13.2. The van der Waals surface area contributed by atoms with E-state index in [1.165, 1.54) is 65.5 Å². The Kier molecular flexibility index (Phi) is 6.93. The number of hydrogen-bond donors (Lipinski definition) is 0. The zero-order chi connectivity index (χ0) is 26.0. The van der Waals surface area contributed by atoms with Crippen molar-refractivity contribution in [3.8, 4) is 5.75 Å². The van der Waals surface area contributed by atoms with Gasteiger partial charge >= 0.3 is 5.97 Å². The molecule has 0 unspecified atom stereocenters. The van der Waals surface area contributed by atoms with Gasteiger partial charge in [0.15, 0.2) is 16.4 Å². The smallest absolute Gasteiger partial charge is 0.339 e. The molecule has 0 bridgehead atoms. The summed E-state index contributed by atoms with van der Waals surface area (Å²) < 4.78 is 34.7. The van der Waals surface area contributed by atoms with Gasteiger partial charge in [0.25, 0.3) is 17.7 Å². The summed E-state index contributed by atoms with van der Waals surface area (Å²) in [6.07, 6.45) is 1.73. The van der Waals surface area contributed by atoms with Gasteiger partial charge in [-0.05, 0) is 36.8 Å². The first-order valence-electron chi connectivity index (χ1n) is 11.1. The number of sulfone groups is 1. The van der Waals surface area contributed by atoms with Crippen molar-refractivity contribution in [1.29, 1.82) is 0 Å². The highest BCUT2D eigenvalue weighted by Gasteiger charge is 2.35. The van der Waals surface area contributed by atoms with E-state index < -0.39 is 40.1 Å². The Hall–Kier alpha value is -4.00. The van der Waals surface area contributed by atoms with Crippen LogP contribution in [0.25, 0.3) is 0 Å². The molecule has 2 aromatic rings. The number of ether oxygens (including phenoxy) is 2. The maximum atomic E-state index is 13.2. The van der Waals surface area contributed by atoms with E-state index in [9.17, 15) is 27.6 Å². The Morgan fingerprint density at radius 3 is 2.53 bits per heavy atom. The minimum Gasteiger partial charge on any atom is -0.482 e. The van der Waals surface area contributed by atoms with Gasteiger partial charge in [-0.1, -0.05) is 6.92 Å². The second-order valence-electron chi connectivity index (χ2n) is 8.02. The molecule has 2 aliphatic heterocycles. The summed E-state index contributed by atoms with van der Waals surface area (Å²) in [6.45, 7) is 1.30. The Morgan fingerprint density at radius 1 is 1.11 bits per heavy atom. The fourth-order valence-corrected chi connectivity index (χ4v) is 4.81. The monoisotopic (exact) mass is 516 g/mol. The van der Waals surface area contributed by atoms with Gasteiger partial charge in [-0.15, -0.1) is 0 Å². The Balaban J connectivity index is 1.55. The predicted octanol–water partition coefficient (Wildman–Crippen LogP) is 0.677. The van der Waals surface area contributed by atoms with E-state index in [1.54, 1.807) is 0 Å². The van der Waals surface area contributed by atoms with Crippen LogP contribution in [-0.4, -0.2) is 86.2 Å². The van der Waals surface area contributed by atoms with Crippen molar-refractivity contribution in [2.24, 2.45) is 0 Å². The zero-order valence-corrected chi connectivity index (χ0v) is 20.5. The van der Waals surface area contributed by atoms with Crippen molar-refractivity contribution in [2.45, 2.75) is 18.2 Å². The summed E-state index contributed by atoms with van der Waals surface area (Å²) in [6, 6.07) is 6.94. The number of methoxy groups -OCH3 is 1. The maximum Gasteiger partial charge on any atom is 0.339 e. The summed E-state index contributed by atoms with van der Waals surface area (Å²) in [7, 11) is -2.32. The lowest BCUT2D eigenvalue weighted by molar-refractivity contribution is -0.140. The van der Waals surface area contributed by atoms with E-state index in [-0.39, 0.29) is 53.0 Å². The van der Waals surface area contributed by atoms with Crippen molar-refractivity contribution < 1.29 is 37.1 Å². The minimum absolute atomic E-state index is 0.0129. The normalized spacial score (nSPS) is 15.4. The lowest BCUT2D eigenvalue weighted by Gasteiger charge is -2.33. The van der Waals surface area contributed by atoms with Crippen LogP contribution in [0.5, 0.6) is 5.75 Å². The summed E-state index contributed by atoms with van der Waals surface area (Å²) in [4.78, 5) is 55.7. The fourth-order valence-electron chi connectivity index (χ4n) is 3.91. The Labute approximate surface area is 207 Å². The van der Waals surface area contributed by atoms with Crippen LogP contribution < -0.4 is 9.64 Å². The molecular weight excluding hydrogens is 492 g/mol. The van der Waals surface area contributed by atoms with Crippen LogP contribution in [0.1, 0.15) is 34.2 Å². The quantitative estimate of drug-likeness (QED) is 0.506. The van der Waals surface area contributed by atoms with Crippen LogP contribution in [0.3, 0.4) is 0 Å². The van der Waals surface area contributed by atoms with E-state index in [1.807, 2.05) is 0 Å². The number of hydrazine groups is 1. The summed E-state index contributed by atoms with van der Waals surface area (Å²) in [5.41, 5.74) is 0.383. The van der Waals surface area contributed by atoms with Crippen LogP contribution in [-0.2, 0) is 24.2 Å². The molecule has 0 aliphatic carbocycles. The summed E-state index contributed by atoms with van der Waals surface area (Å²) in [5.74, 6) is -2.02. The van der Waals surface area contributed by atoms with Crippen molar-refractivity contribution in [3.63, 3.8) is 0 Å². The molecule has 1 saturated heterocycles. The number of benzene rings is 1. The number of nitrogens with zero attached hydrogens (tertiary/aromatic N) is 4. The van der Waals surface area contributed by atoms with Crippen LogP contribution in [0.4, 0.5) is 5.69 Å². The zero-order valence-electron chi connectivity index (χ0n) is 19.7. The third kappa shape index (κ3) is 4.73. The molecule has 3 amide bonds. The highest BCUT2D eigenvalue weighted by molar-refractivity contribution is 7.91. The fraction of sp³-hybridized carbons (Fsp3) is 0.348. The highest BCUT2D eigenvalue weighted by atomic mass is 32.2. The van der Waals surface area contributed by atoms with Gasteiger partial charge in [0, 0.05) is 19.3 Å². The number of amides is 3. The van der Waals surface area contributed by atoms with Gasteiger partial charge in [0.05, 0.1) is 29.0 Å². The second-order valence-corrected chi connectivity index (χ2v) is 10.3. The van der Waals surface area contributed by atoms with E-state index in [0.29, 0.717) is 6.42 Å². The molecule has 1 aromatic carbocycles. The summed E-state index contributed by atoms with van der Waals surface area (Å²) >= 11 is 0. The number of aromatic nitrogens is 1. The number of rotatable bonds is 6. The molecule has 12 nitrogen and oxygen atoms in total. The molecule has 4 rings (SSSR count). The van der Waals surface area contributed by atoms with Crippen molar-refractivity contribution in [2.75, 3.05) is 44.0 Å². The van der Waals surface area contributed by atoms with Crippen molar-refractivity contribution in [3.05, 3.63) is 47.8 Å². The predicted molar refractivity (Wildman–Crippen MR) is 125 cm³/mol. The van der Waals surface area contributed by atoms with Gasteiger partial charge in [0.2, 0.25) is 0 Å². The van der Waals surface area contributed by atoms with Gasteiger partial charge in [-0.25, -0.2) is 23.2 Å². The number of hydrogen-bond acceptors (Lipinski definition) is 9. The number of carbonyl (C=O) groups is 4. The first kappa shape index (κ1) is 25.1. The van der Waals surface area contributed by atoms with Gasteiger partial charge in [-0.3, -0.25) is 24.3 Å². The molecule has 0 radical (unpaired) electrons. The molecule has 36 heavy (non-hydrogen) atoms. The SMILES string of the molecule is CCS(=O)(=O)c1ccc2c(c1)N(CC(=O)N1CCCN1C(=O)c1ccc(C(=O)OC)cn1)C(=O)CO2. The van der Waals surface area contributed by atoms with Crippen LogP contribution in [0.2, 0.25) is 0 Å².